The summed E-state index contributed by atoms with van der Waals surface area (Å²) in [6.45, 7) is 0.972. The van der Waals surface area contributed by atoms with Crippen molar-refractivity contribution < 1.29 is 49.6 Å². The Balaban J connectivity index is -0.000000212. The van der Waals surface area contributed by atoms with Crippen molar-refractivity contribution >= 4 is 21.1 Å². The van der Waals surface area contributed by atoms with E-state index in [0.717, 1.165) is 6.92 Å². The first kappa shape index (κ1) is 23.0. The van der Waals surface area contributed by atoms with E-state index in [1.54, 1.807) is 0 Å². The SMILES string of the molecule is CC(=O)[O-].O=P(O)(O)O.OC[P+](CO)(CO)CO. The molecular weight excluding hydrogens is 294 g/mol. The number of carboxylic acid groups (broad SMARTS) is 1. The van der Waals surface area contributed by atoms with Crippen molar-refractivity contribution in [2.24, 2.45) is 0 Å². The van der Waals surface area contributed by atoms with Crippen LogP contribution in [0.3, 0.4) is 0 Å². The number of aliphatic hydroxyl groups is 4. The smallest absolute Gasteiger partial charge is 0.466 e. The summed E-state index contributed by atoms with van der Waals surface area (Å²) < 4.78 is 8.88. The molecule has 0 saturated heterocycles. The van der Waals surface area contributed by atoms with E-state index in [1.165, 1.54) is 0 Å². The Morgan fingerprint density at radius 1 is 1.00 bits per heavy atom. The number of phosphoric acid groups is 1. The molecule has 0 aliphatic heterocycles. The first-order valence-corrected chi connectivity index (χ1v) is 8.32. The van der Waals surface area contributed by atoms with E-state index in [4.69, 9.17) is 49.6 Å². The van der Waals surface area contributed by atoms with Gasteiger partial charge in [-0.3, -0.25) is 0 Å². The van der Waals surface area contributed by atoms with E-state index in [9.17, 15) is 0 Å². The molecule has 0 saturated carbocycles. The van der Waals surface area contributed by atoms with E-state index >= 15 is 0 Å². The lowest BCUT2D eigenvalue weighted by Gasteiger charge is -2.15. The highest BCUT2D eigenvalue weighted by Crippen LogP contribution is 2.54. The standard InChI is InChI=1S/C4H12O4P.C2H4O2.H3O4P/c5-1-9(2-6,3-7)4-8;1-2(3)4;1-5(2,3)4/h5-8H,1-4H2;1H3,(H,3,4);(H3,1,2,3,4)/q+1;;/p-1. The Labute approximate surface area is 104 Å². The zero-order valence-electron chi connectivity index (χ0n) is 9.58. The van der Waals surface area contributed by atoms with E-state index < -0.39 is 21.1 Å². The summed E-state index contributed by atoms with van der Waals surface area (Å²) in [6, 6.07) is 0. The molecule has 0 spiro atoms. The van der Waals surface area contributed by atoms with Gasteiger partial charge in [-0.2, -0.15) is 0 Å². The van der Waals surface area contributed by atoms with Crippen LogP contribution in [0.15, 0.2) is 0 Å². The van der Waals surface area contributed by atoms with Crippen LogP contribution in [0.4, 0.5) is 0 Å². The summed E-state index contributed by atoms with van der Waals surface area (Å²) in [6.07, 6.45) is -1.18. The van der Waals surface area contributed by atoms with Crippen molar-refractivity contribution in [2.75, 3.05) is 25.4 Å². The predicted octanol–water partition coefficient (Wildman–Crippen LogP) is -3.37. The molecule has 0 rings (SSSR count). The van der Waals surface area contributed by atoms with Gasteiger partial charge in [0.05, 0.1) is 0 Å². The molecule has 112 valence electrons. The first-order chi connectivity index (χ1) is 7.97. The summed E-state index contributed by atoms with van der Waals surface area (Å²) in [4.78, 5) is 30.5. The lowest BCUT2D eigenvalue weighted by Crippen LogP contribution is -2.16. The van der Waals surface area contributed by atoms with Gasteiger partial charge in [0.2, 0.25) is 0 Å². The number of hydrogen-bond acceptors (Lipinski definition) is 7. The fraction of sp³-hybridized carbons (Fsp3) is 0.833. The van der Waals surface area contributed by atoms with E-state index in [1.807, 2.05) is 0 Å². The van der Waals surface area contributed by atoms with Gasteiger partial charge in [0, 0.05) is 5.97 Å². The lowest BCUT2D eigenvalue weighted by atomic mass is 10.9. The quantitative estimate of drug-likeness (QED) is 0.257. The second-order valence-corrected chi connectivity index (χ2v) is 7.75. The second-order valence-electron chi connectivity index (χ2n) is 2.91. The maximum absolute atomic E-state index is 8.89. The minimum atomic E-state index is -4.64. The molecule has 18 heavy (non-hydrogen) atoms. The number of carboxylic acids is 1. The van der Waals surface area contributed by atoms with Gasteiger partial charge in [-0.05, 0) is 6.92 Å². The molecular formula is C6H18O10P2. The first-order valence-electron chi connectivity index (χ1n) is 4.22. The molecule has 0 heterocycles. The number of rotatable bonds is 4. The summed E-state index contributed by atoms with van der Waals surface area (Å²) >= 11 is 0. The largest absolute Gasteiger partial charge is 0.550 e. The predicted molar refractivity (Wildman–Crippen MR) is 60.2 cm³/mol. The van der Waals surface area contributed by atoms with Gasteiger partial charge >= 0.3 is 7.82 Å². The summed E-state index contributed by atoms with van der Waals surface area (Å²) in [7, 11) is -6.84. The van der Waals surface area contributed by atoms with Gasteiger partial charge in [0.25, 0.3) is 0 Å². The van der Waals surface area contributed by atoms with E-state index in [2.05, 4.69) is 0 Å². The number of aliphatic hydroxyl groups excluding tert-OH is 4. The third-order valence-electron chi connectivity index (χ3n) is 1.20. The molecule has 0 amide bonds. The van der Waals surface area contributed by atoms with Gasteiger partial charge < -0.3 is 45.0 Å². The molecule has 0 aromatic heterocycles. The minimum Gasteiger partial charge on any atom is -0.550 e. The van der Waals surface area contributed by atoms with E-state index in [0.29, 0.717) is 0 Å². The van der Waals surface area contributed by atoms with Crippen LogP contribution in [0, 0.1) is 0 Å². The van der Waals surface area contributed by atoms with Gasteiger partial charge in [0.1, 0.15) is 7.26 Å². The second kappa shape index (κ2) is 11.9. The van der Waals surface area contributed by atoms with Crippen molar-refractivity contribution in [2.45, 2.75) is 6.92 Å². The third-order valence-corrected chi connectivity index (χ3v) is 3.60. The minimum absolute atomic E-state index is 0.295. The molecule has 0 atom stereocenters. The van der Waals surface area contributed by atoms with Crippen LogP contribution in [0.25, 0.3) is 0 Å². The third kappa shape index (κ3) is 24.9. The summed E-state index contributed by atoms with van der Waals surface area (Å²) in [5.74, 6) is -1.08. The molecule has 0 fully saturated rings. The van der Waals surface area contributed by atoms with Crippen LogP contribution in [0.1, 0.15) is 6.92 Å². The Morgan fingerprint density at radius 3 is 1.11 bits per heavy atom. The molecule has 7 N–H and O–H groups in total. The Bertz CT molecular complexity index is 217. The van der Waals surface area contributed by atoms with Crippen LogP contribution in [0.2, 0.25) is 0 Å². The summed E-state index contributed by atoms with van der Waals surface area (Å²) in [5, 5.41) is 43.1. The van der Waals surface area contributed by atoms with Gasteiger partial charge in [-0.1, -0.05) is 0 Å². The van der Waals surface area contributed by atoms with Gasteiger partial charge in [-0.15, -0.1) is 0 Å². The van der Waals surface area contributed by atoms with Crippen molar-refractivity contribution in [1.82, 2.24) is 0 Å². The monoisotopic (exact) mass is 312 g/mol. The molecule has 0 aromatic carbocycles. The number of aliphatic carboxylic acids is 1. The number of hydrogen-bond donors (Lipinski definition) is 7. The highest BCUT2D eigenvalue weighted by Gasteiger charge is 2.34. The van der Waals surface area contributed by atoms with Crippen LogP contribution in [-0.2, 0) is 9.36 Å². The molecule has 10 nitrogen and oxygen atoms in total. The molecule has 0 aliphatic rings. The fourth-order valence-electron chi connectivity index (χ4n) is 0.268. The van der Waals surface area contributed by atoms with Crippen molar-refractivity contribution in [1.29, 1.82) is 0 Å². The van der Waals surface area contributed by atoms with Crippen molar-refractivity contribution in [3.63, 3.8) is 0 Å². The highest BCUT2D eigenvalue weighted by molar-refractivity contribution is 7.75. The average molecular weight is 312 g/mol. The van der Waals surface area contributed by atoms with Crippen molar-refractivity contribution in [3.05, 3.63) is 0 Å². The zero-order chi connectivity index (χ0) is 15.4. The van der Waals surface area contributed by atoms with Crippen LogP contribution < -0.4 is 5.11 Å². The Hall–Kier alpha value is -0.150. The number of carbonyl (C=O) groups is 1. The van der Waals surface area contributed by atoms with Crippen molar-refractivity contribution in [3.8, 4) is 0 Å². The Morgan fingerprint density at radius 2 is 1.11 bits per heavy atom. The maximum atomic E-state index is 8.89. The average Bonchev–Trinajstić information content (AvgIpc) is 2.19. The number of carbonyl (C=O) groups excluding carboxylic acids is 1. The molecule has 0 unspecified atom stereocenters. The van der Waals surface area contributed by atoms with Crippen LogP contribution >= 0.6 is 15.1 Å². The highest BCUT2D eigenvalue weighted by atomic mass is 31.2. The fourth-order valence-corrected chi connectivity index (χ4v) is 0.805. The van der Waals surface area contributed by atoms with E-state index in [-0.39, 0.29) is 25.4 Å². The van der Waals surface area contributed by atoms with Gasteiger partial charge in [0.15, 0.2) is 25.4 Å². The van der Waals surface area contributed by atoms with Gasteiger partial charge in [-0.25, -0.2) is 4.57 Å². The zero-order valence-corrected chi connectivity index (χ0v) is 11.4. The molecule has 0 aromatic rings. The normalized spacial score (nSPS) is 10.7. The molecule has 12 heteroatoms. The molecule has 0 bridgehead atoms. The summed E-state index contributed by atoms with van der Waals surface area (Å²) in [5.41, 5.74) is 0. The molecule has 0 aliphatic carbocycles. The topological polar surface area (TPSA) is 199 Å². The molecule has 0 radical (unpaired) electrons. The van der Waals surface area contributed by atoms with Crippen LogP contribution in [-0.4, -0.2) is 66.5 Å². The van der Waals surface area contributed by atoms with Crippen LogP contribution in [0.5, 0.6) is 0 Å². The maximum Gasteiger partial charge on any atom is 0.466 e. The lowest BCUT2D eigenvalue weighted by molar-refractivity contribution is -0.302. The Kier molecular flexibility index (Phi) is 15.2.